The molecule has 0 amide bonds. The van der Waals surface area contributed by atoms with E-state index in [4.69, 9.17) is 0 Å². The second-order valence-corrected chi connectivity index (χ2v) is 6.85. The SMILES string of the molecule is CCCC1(C(=O)O)CCCN1C1CCC(C)CC1C. The number of likely N-dealkylation sites (tertiary alicyclic amines) is 1. The lowest BCUT2D eigenvalue weighted by Gasteiger charge is -2.45. The molecule has 1 saturated carbocycles. The van der Waals surface area contributed by atoms with E-state index in [1.165, 1.54) is 19.3 Å². The molecule has 1 saturated heterocycles. The summed E-state index contributed by atoms with van der Waals surface area (Å²) in [6.45, 7) is 7.73. The van der Waals surface area contributed by atoms with Crippen molar-refractivity contribution in [3.8, 4) is 0 Å². The highest BCUT2D eigenvalue weighted by molar-refractivity contribution is 5.79. The molecule has 0 radical (unpaired) electrons. The Morgan fingerprint density at radius 3 is 2.68 bits per heavy atom. The average molecular weight is 267 g/mol. The van der Waals surface area contributed by atoms with Gasteiger partial charge in [0, 0.05) is 6.04 Å². The number of hydrogen-bond donors (Lipinski definition) is 1. The van der Waals surface area contributed by atoms with E-state index in [1.807, 2.05) is 0 Å². The van der Waals surface area contributed by atoms with Crippen molar-refractivity contribution in [2.45, 2.75) is 77.3 Å². The second kappa shape index (κ2) is 5.82. The van der Waals surface area contributed by atoms with Gasteiger partial charge in [-0.3, -0.25) is 9.69 Å². The molecule has 0 spiro atoms. The number of aliphatic carboxylic acids is 1. The van der Waals surface area contributed by atoms with Crippen molar-refractivity contribution in [2.24, 2.45) is 11.8 Å². The molecule has 4 unspecified atom stereocenters. The van der Waals surface area contributed by atoms with Crippen molar-refractivity contribution in [3.63, 3.8) is 0 Å². The lowest BCUT2D eigenvalue weighted by Crippen LogP contribution is -2.57. The van der Waals surface area contributed by atoms with Crippen molar-refractivity contribution in [1.29, 1.82) is 0 Å². The van der Waals surface area contributed by atoms with Gasteiger partial charge in [0.05, 0.1) is 0 Å². The van der Waals surface area contributed by atoms with E-state index >= 15 is 0 Å². The van der Waals surface area contributed by atoms with Crippen LogP contribution in [0.5, 0.6) is 0 Å². The Bertz CT molecular complexity index is 331. The summed E-state index contributed by atoms with van der Waals surface area (Å²) in [5.74, 6) is 0.856. The van der Waals surface area contributed by atoms with E-state index in [0.29, 0.717) is 12.0 Å². The van der Waals surface area contributed by atoms with Gasteiger partial charge in [-0.1, -0.05) is 27.2 Å². The fourth-order valence-corrected chi connectivity index (χ4v) is 4.51. The molecule has 2 rings (SSSR count). The molecular formula is C16H29NO2. The van der Waals surface area contributed by atoms with E-state index in [-0.39, 0.29) is 0 Å². The van der Waals surface area contributed by atoms with Crippen LogP contribution in [0.2, 0.25) is 0 Å². The van der Waals surface area contributed by atoms with Gasteiger partial charge in [-0.05, 0) is 56.9 Å². The number of hydrogen-bond acceptors (Lipinski definition) is 2. The topological polar surface area (TPSA) is 40.5 Å². The summed E-state index contributed by atoms with van der Waals surface area (Å²) in [6, 6.07) is 0.487. The van der Waals surface area contributed by atoms with Gasteiger partial charge in [0.2, 0.25) is 0 Å². The molecule has 0 bridgehead atoms. The van der Waals surface area contributed by atoms with Crippen LogP contribution in [0.3, 0.4) is 0 Å². The van der Waals surface area contributed by atoms with Gasteiger partial charge in [-0.15, -0.1) is 0 Å². The molecule has 1 aliphatic carbocycles. The van der Waals surface area contributed by atoms with E-state index in [1.54, 1.807) is 0 Å². The Morgan fingerprint density at radius 1 is 1.37 bits per heavy atom. The van der Waals surface area contributed by atoms with Crippen LogP contribution in [-0.4, -0.2) is 34.1 Å². The molecule has 0 aromatic heterocycles. The maximum absolute atomic E-state index is 11.9. The quantitative estimate of drug-likeness (QED) is 0.847. The fraction of sp³-hybridized carbons (Fsp3) is 0.938. The zero-order chi connectivity index (χ0) is 14.0. The predicted molar refractivity (Wildman–Crippen MR) is 77.2 cm³/mol. The summed E-state index contributed by atoms with van der Waals surface area (Å²) in [7, 11) is 0. The zero-order valence-corrected chi connectivity index (χ0v) is 12.7. The lowest BCUT2D eigenvalue weighted by atomic mass is 9.77. The van der Waals surface area contributed by atoms with Crippen LogP contribution in [0.25, 0.3) is 0 Å². The molecule has 1 heterocycles. The van der Waals surface area contributed by atoms with Gasteiger partial charge in [0.25, 0.3) is 0 Å². The molecule has 3 heteroatoms. The third-order valence-corrected chi connectivity index (χ3v) is 5.39. The van der Waals surface area contributed by atoms with Crippen LogP contribution >= 0.6 is 0 Å². The minimum Gasteiger partial charge on any atom is -0.480 e. The van der Waals surface area contributed by atoms with Gasteiger partial charge in [0.15, 0.2) is 0 Å². The van der Waals surface area contributed by atoms with Crippen molar-refractivity contribution >= 4 is 5.97 Å². The van der Waals surface area contributed by atoms with Gasteiger partial charge in [-0.2, -0.15) is 0 Å². The Balaban J connectivity index is 2.19. The summed E-state index contributed by atoms with van der Waals surface area (Å²) >= 11 is 0. The summed E-state index contributed by atoms with van der Waals surface area (Å²) in [5, 5.41) is 9.79. The minimum atomic E-state index is -0.585. The molecule has 110 valence electrons. The maximum Gasteiger partial charge on any atom is 0.324 e. The van der Waals surface area contributed by atoms with Crippen LogP contribution in [0, 0.1) is 11.8 Å². The minimum absolute atomic E-state index is 0.487. The van der Waals surface area contributed by atoms with E-state index in [0.717, 1.165) is 38.1 Å². The van der Waals surface area contributed by atoms with E-state index in [9.17, 15) is 9.90 Å². The molecule has 0 aromatic carbocycles. The number of carboxylic acids is 1. The number of nitrogens with zero attached hydrogens (tertiary/aromatic N) is 1. The normalized spacial score (nSPS) is 40.5. The third-order valence-electron chi connectivity index (χ3n) is 5.39. The largest absolute Gasteiger partial charge is 0.480 e. The first-order valence-corrected chi connectivity index (χ1v) is 8.01. The number of rotatable bonds is 4. The first-order chi connectivity index (χ1) is 9.01. The van der Waals surface area contributed by atoms with Crippen molar-refractivity contribution in [3.05, 3.63) is 0 Å². The Kier molecular flexibility index (Phi) is 4.54. The monoisotopic (exact) mass is 267 g/mol. The molecule has 3 nitrogen and oxygen atoms in total. The maximum atomic E-state index is 11.9. The molecule has 4 atom stereocenters. The first-order valence-electron chi connectivity index (χ1n) is 8.01. The second-order valence-electron chi connectivity index (χ2n) is 6.85. The van der Waals surface area contributed by atoms with Gasteiger partial charge >= 0.3 is 5.97 Å². The molecular weight excluding hydrogens is 238 g/mol. The smallest absolute Gasteiger partial charge is 0.324 e. The van der Waals surface area contributed by atoms with Crippen LogP contribution in [0.4, 0.5) is 0 Å². The van der Waals surface area contributed by atoms with Crippen molar-refractivity contribution in [2.75, 3.05) is 6.54 Å². The Hall–Kier alpha value is -0.570. The molecule has 1 aliphatic heterocycles. The summed E-state index contributed by atoms with van der Waals surface area (Å²) in [6.07, 6.45) is 7.35. The first kappa shape index (κ1) is 14.8. The lowest BCUT2D eigenvalue weighted by molar-refractivity contribution is -0.153. The summed E-state index contributed by atoms with van der Waals surface area (Å²) in [5.41, 5.74) is -0.561. The van der Waals surface area contributed by atoms with Crippen LogP contribution in [-0.2, 0) is 4.79 Å². The standard InChI is InChI=1S/C16H29NO2/c1-4-8-16(15(18)19)9-5-10-17(16)14-7-6-12(2)11-13(14)3/h12-14H,4-11H2,1-3H3,(H,18,19). The predicted octanol–water partition coefficient (Wildman–Crippen LogP) is 3.53. The number of carbonyl (C=O) groups is 1. The summed E-state index contributed by atoms with van der Waals surface area (Å²) < 4.78 is 0. The zero-order valence-electron chi connectivity index (χ0n) is 12.7. The van der Waals surface area contributed by atoms with Crippen LogP contribution < -0.4 is 0 Å². The molecule has 1 N–H and O–H groups in total. The van der Waals surface area contributed by atoms with Crippen LogP contribution in [0.1, 0.15) is 65.7 Å². The molecule has 2 fully saturated rings. The Labute approximate surface area is 117 Å². The van der Waals surface area contributed by atoms with Crippen LogP contribution in [0.15, 0.2) is 0 Å². The van der Waals surface area contributed by atoms with Gasteiger partial charge in [0.1, 0.15) is 5.54 Å². The van der Waals surface area contributed by atoms with Gasteiger partial charge in [-0.25, -0.2) is 0 Å². The van der Waals surface area contributed by atoms with E-state index in [2.05, 4.69) is 25.7 Å². The average Bonchev–Trinajstić information content (AvgIpc) is 2.74. The van der Waals surface area contributed by atoms with E-state index < -0.39 is 11.5 Å². The third kappa shape index (κ3) is 2.67. The highest BCUT2D eigenvalue weighted by Gasteiger charge is 2.50. The Morgan fingerprint density at radius 2 is 2.11 bits per heavy atom. The van der Waals surface area contributed by atoms with Crippen molar-refractivity contribution in [1.82, 2.24) is 4.90 Å². The summed E-state index contributed by atoms with van der Waals surface area (Å²) in [4.78, 5) is 14.3. The van der Waals surface area contributed by atoms with Crippen molar-refractivity contribution < 1.29 is 9.90 Å². The number of carboxylic acid groups (broad SMARTS) is 1. The molecule has 2 aliphatic rings. The van der Waals surface area contributed by atoms with Gasteiger partial charge < -0.3 is 5.11 Å². The fourth-order valence-electron chi connectivity index (χ4n) is 4.51. The highest BCUT2D eigenvalue weighted by atomic mass is 16.4. The molecule has 0 aromatic rings. The highest BCUT2D eigenvalue weighted by Crippen LogP contribution is 2.42. The molecule has 19 heavy (non-hydrogen) atoms.